The standard InChI is InChI=1S/C11H9ClN2O4S/c1-19(17,18)14-8-4-2-3-6-7(12)5-9(11(15)16)13-10(6)8/h2-5,14H,1H3,(H,15,16). The average molecular weight is 301 g/mol. The first-order valence-electron chi connectivity index (χ1n) is 5.08. The van der Waals surface area contributed by atoms with Gasteiger partial charge in [-0.15, -0.1) is 0 Å². The van der Waals surface area contributed by atoms with Crippen molar-refractivity contribution >= 4 is 44.2 Å². The number of anilines is 1. The maximum Gasteiger partial charge on any atom is 0.354 e. The quantitative estimate of drug-likeness (QED) is 0.903. The molecule has 2 N–H and O–H groups in total. The molecule has 0 spiro atoms. The number of para-hydroxylation sites is 1. The maximum absolute atomic E-state index is 11.3. The number of aromatic carboxylic acids is 1. The van der Waals surface area contributed by atoms with Gasteiger partial charge in [-0.1, -0.05) is 23.7 Å². The van der Waals surface area contributed by atoms with Gasteiger partial charge in [-0.05, 0) is 12.1 Å². The van der Waals surface area contributed by atoms with Gasteiger partial charge in [0.1, 0.15) is 5.69 Å². The van der Waals surface area contributed by atoms with Crippen molar-refractivity contribution < 1.29 is 18.3 Å². The van der Waals surface area contributed by atoms with E-state index >= 15 is 0 Å². The number of aromatic nitrogens is 1. The number of carboxylic acid groups (broad SMARTS) is 1. The van der Waals surface area contributed by atoms with Crippen molar-refractivity contribution in [3.8, 4) is 0 Å². The molecule has 2 rings (SSSR count). The van der Waals surface area contributed by atoms with Crippen LogP contribution in [-0.2, 0) is 10.0 Å². The molecule has 2 aromatic rings. The van der Waals surface area contributed by atoms with E-state index in [2.05, 4.69) is 9.71 Å². The highest BCUT2D eigenvalue weighted by atomic mass is 35.5. The highest BCUT2D eigenvalue weighted by molar-refractivity contribution is 7.92. The van der Waals surface area contributed by atoms with Crippen molar-refractivity contribution in [3.63, 3.8) is 0 Å². The third-order valence-corrected chi connectivity index (χ3v) is 3.21. The normalized spacial score (nSPS) is 11.5. The Morgan fingerprint density at radius 2 is 2.11 bits per heavy atom. The molecular formula is C11H9ClN2O4S. The molecular weight excluding hydrogens is 292 g/mol. The molecule has 0 amide bonds. The largest absolute Gasteiger partial charge is 0.477 e. The fourth-order valence-corrected chi connectivity index (χ4v) is 2.42. The molecule has 0 aliphatic carbocycles. The minimum absolute atomic E-state index is 0.185. The third kappa shape index (κ3) is 2.94. The Morgan fingerprint density at radius 1 is 1.42 bits per heavy atom. The number of benzene rings is 1. The Hall–Kier alpha value is -1.86. The molecule has 0 bridgehead atoms. The van der Waals surface area contributed by atoms with E-state index in [1.165, 1.54) is 12.1 Å². The highest BCUT2D eigenvalue weighted by Crippen LogP contribution is 2.28. The summed E-state index contributed by atoms with van der Waals surface area (Å²) in [5.74, 6) is -1.24. The number of sulfonamides is 1. The molecule has 0 radical (unpaired) electrons. The summed E-state index contributed by atoms with van der Waals surface area (Å²) in [5.41, 5.74) is 0.128. The summed E-state index contributed by atoms with van der Waals surface area (Å²) in [4.78, 5) is 14.8. The number of nitrogens with zero attached hydrogens (tertiary/aromatic N) is 1. The molecule has 6 nitrogen and oxygen atoms in total. The lowest BCUT2D eigenvalue weighted by molar-refractivity contribution is 0.0691. The second-order valence-corrected chi connectivity index (χ2v) is 6.03. The van der Waals surface area contributed by atoms with E-state index in [4.69, 9.17) is 16.7 Å². The second kappa shape index (κ2) is 4.67. The zero-order chi connectivity index (χ0) is 14.2. The first kappa shape index (κ1) is 13.6. The van der Waals surface area contributed by atoms with Crippen LogP contribution in [0.1, 0.15) is 10.5 Å². The number of hydrogen-bond donors (Lipinski definition) is 2. The van der Waals surface area contributed by atoms with E-state index < -0.39 is 16.0 Å². The summed E-state index contributed by atoms with van der Waals surface area (Å²) >= 11 is 5.97. The van der Waals surface area contributed by atoms with Gasteiger partial charge in [0, 0.05) is 5.39 Å². The van der Waals surface area contributed by atoms with Gasteiger partial charge in [0.2, 0.25) is 10.0 Å². The Morgan fingerprint density at radius 3 is 2.68 bits per heavy atom. The lowest BCUT2D eigenvalue weighted by Gasteiger charge is -2.09. The summed E-state index contributed by atoms with van der Waals surface area (Å²) in [5, 5.41) is 9.60. The smallest absolute Gasteiger partial charge is 0.354 e. The van der Waals surface area contributed by atoms with Gasteiger partial charge in [-0.2, -0.15) is 0 Å². The van der Waals surface area contributed by atoms with Gasteiger partial charge in [0.15, 0.2) is 0 Å². The minimum Gasteiger partial charge on any atom is -0.477 e. The molecule has 8 heteroatoms. The molecule has 19 heavy (non-hydrogen) atoms. The van der Waals surface area contributed by atoms with Gasteiger partial charge in [-0.25, -0.2) is 18.2 Å². The van der Waals surface area contributed by atoms with E-state index in [-0.39, 0.29) is 21.9 Å². The molecule has 1 heterocycles. The van der Waals surface area contributed by atoms with E-state index in [9.17, 15) is 13.2 Å². The van der Waals surface area contributed by atoms with Crippen LogP contribution < -0.4 is 4.72 Å². The van der Waals surface area contributed by atoms with E-state index in [1.807, 2.05) is 0 Å². The van der Waals surface area contributed by atoms with Crippen LogP contribution in [0.5, 0.6) is 0 Å². The number of rotatable bonds is 3. The van der Waals surface area contributed by atoms with Crippen LogP contribution in [0.25, 0.3) is 10.9 Å². The molecule has 0 saturated heterocycles. The summed E-state index contributed by atoms with van der Waals surface area (Å²) in [6.45, 7) is 0. The van der Waals surface area contributed by atoms with Crippen molar-refractivity contribution in [3.05, 3.63) is 35.0 Å². The van der Waals surface area contributed by atoms with E-state index in [0.717, 1.165) is 6.26 Å². The predicted octanol–water partition coefficient (Wildman–Crippen LogP) is 1.96. The summed E-state index contributed by atoms with van der Waals surface area (Å²) in [7, 11) is -3.50. The summed E-state index contributed by atoms with van der Waals surface area (Å²) < 4.78 is 24.8. The van der Waals surface area contributed by atoms with E-state index in [0.29, 0.717) is 5.39 Å². The molecule has 0 aliphatic rings. The van der Waals surface area contributed by atoms with Crippen LogP contribution in [0.3, 0.4) is 0 Å². The van der Waals surface area contributed by atoms with Gasteiger partial charge >= 0.3 is 5.97 Å². The Labute approximate surface area is 114 Å². The number of halogens is 1. The lowest BCUT2D eigenvalue weighted by Crippen LogP contribution is -2.11. The van der Waals surface area contributed by atoms with Gasteiger partial charge < -0.3 is 5.11 Å². The Kier molecular flexibility index (Phi) is 3.34. The molecule has 0 aliphatic heterocycles. The fourth-order valence-electron chi connectivity index (χ4n) is 1.60. The first-order valence-corrected chi connectivity index (χ1v) is 7.35. The molecule has 1 aromatic heterocycles. The molecule has 0 saturated carbocycles. The summed E-state index contributed by atoms with van der Waals surface area (Å²) in [6.07, 6.45) is 0.995. The van der Waals surface area contributed by atoms with E-state index in [1.54, 1.807) is 12.1 Å². The van der Waals surface area contributed by atoms with Gasteiger partial charge in [0.05, 0.1) is 22.5 Å². The van der Waals surface area contributed by atoms with Crippen LogP contribution in [0.2, 0.25) is 5.02 Å². The van der Waals surface area contributed by atoms with Crippen LogP contribution in [0.15, 0.2) is 24.3 Å². The minimum atomic E-state index is -3.50. The molecule has 0 unspecified atom stereocenters. The lowest BCUT2D eigenvalue weighted by atomic mass is 10.1. The number of carbonyl (C=O) groups is 1. The predicted molar refractivity (Wildman–Crippen MR) is 72.2 cm³/mol. The van der Waals surface area contributed by atoms with Crippen LogP contribution in [-0.4, -0.2) is 30.7 Å². The second-order valence-electron chi connectivity index (χ2n) is 3.87. The monoisotopic (exact) mass is 300 g/mol. The molecule has 1 aromatic carbocycles. The van der Waals surface area contributed by atoms with Gasteiger partial charge in [-0.3, -0.25) is 4.72 Å². The number of pyridine rings is 1. The number of fused-ring (bicyclic) bond motifs is 1. The Bertz CT molecular complexity index is 774. The van der Waals surface area contributed by atoms with Crippen LogP contribution >= 0.6 is 11.6 Å². The topological polar surface area (TPSA) is 96.4 Å². The zero-order valence-electron chi connectivity index (χ0n) is 9.71. The number of carboxylic acids is 1. The maximum atomic E-state index is 11.3. The fraction of sp³-hybridized carbons (Fsp3) is 0.0909. The zero-order valence-corrected chi connectivity index (χ0v) is 11.3. The number of nitrogens with one attached hydrogen (secondary N) is 1. The van der Waals surface area contributed by atoms with Crippen LogP contribution in [0, 0.1) is 0 Å². The van der Waals surface area contributed by atoms with Crippen molar-refractivity contribution in [2.24, 2.45) is 0 Å². The average Bonchev–Trinajstić information content (AvgIpc) is 2.27. The third-order valence-electron chi connectivity index (χ3n) is 2.30. The molecule has 100 valence electrons. The molecule has 0 fully saturated rings. The van der Waals surface area contributed by atoms with Crippen molar-refractivity contribution in [1.82, 2.24) is 4.98 Å². The molecule has 0 atom stereocenters. The Balaban J connectivity index is 2.75. The van der Waals surface area contributed by atoms with Crippen molar-refractivity contribution in [1.29, 1.82) is 0 Å². The van der Waals surface area contributed by atoms with Crippen LogP contribution in [0.4, 0.5) is 5.69 Å². The van der Waals surface area contributed by atoms with Crippen molar-refractivity contribution in [2.75, 3.05) is 11.0 Å². The highest BCUT2D eigenvalue weighted by Gasteiger charge is 2.13. The SMILES string of the molecule is CS(=O)(=O)Nc1cccc2c(Cl)cc(C(=O)O)nc12. The van der Waals surface area contributed by atoms with Gasteiger partial charge in [0.25, 0.3) is 0 Å². The van der Waals surface area contributed by atoms with Crippen molar-refractivity contribution in [2.45, 2.75) is 0 Å². The summed E-state index contributed by atoms with van der Waals surface area (Å²) in [6, 6.07) is 5.93. The first-order chi connectivity index (χ1) is 8.78. The number of hydrogen-bond acceptors (Lipinski definition) is 4.